The van der Waals surface area contributed by atoms with Gasteiger partial charge in [0.2, 0.25) is 0 Å². The molecule has 0 spiro atoms. The van der Waals surface area contributed by atoms with Crippen molar-refractivity contribution in [3.8, 4) is 0 Å². The molecule has 0 amide bonds. The van der Waals surface area contributed by atoms with Gasteiger partial charge in [0, 0.05) is 21.2 Å². The minimum absolute atomic E-state index is 0.0983. The van der Waals surface area contributed by atoms with Crippen LogP contribution in [0.5, 0.6) is 0 Å². The van der Waals surface area contributed by atoms with Crippen molar-refractivity contribution < 1.29 is 37.4 Å². The molecule has 0 aliphatic carbocycles. The number of rotatable bonds is 8. The van der Waals surface area contributed by atoms with Crippen molar-refractivity contribution in [2.24, 2.45) is 0 Å². The van der Waals surface area contributed by atoms with Gasteiger partial charge in [-0.15, -0.1) is 0 Å². The number of aliphatic hydroxyl groups excluding tert-OH is 2. The third kappa shape index (κ3) is 4.23. The number of carbonyl (C=O) groups excluding carboxylic acids is 1. The average Bonchev–Trinajstić information content (AvgIpc) is 2.32. The predicted octanol–water partition coefficient (Wildman–Crippen LogP) is -1.42. The Morgan fingerprint density at radius 3 is 2.60 bits per heavy atom. The summed E-state index contributed by atoms with van der Waals surface area (Å²) in [5.74, 6) is 0. The Hall–Kier alpha value is -0.530. The Morgan fingerprint density at radius 1 is 1.40 bits per heavy atom. The van der Waals surface area contributed by atoms with Gasteiger partial charge in [0.25, 0.3) is 0 Å². The lowest BCUT2D eigenvalue weighted by Crippen LogP contribution is -2.48. The first-order valence-electron chi connectivity index (χ1n) is 7.07. The summed E-state index contributed by atoms with van der Waals surface area (Å²) in [7, 11) is -4.63. The molecule has 2 N–H and O–H groups in total. The van der Waals surface area contributed by atoms with E-state index in [4.69, 9.17) is 13.0 Å². The predicted molar refractivity (Wildman–Crippen MR) is 51.5 cm³/mol. The van der Waals surface area contributed by atoms with E-state index in [0.717, 1.165) is 7.11 Å². The zero-order valence-electron chi connectivity index (χ0n) is 14.1. The normalized spacial score (nSPS) is 26.9. The van der Waals surface area contributed by atoms with Gasteiger partial charge in [-0.2, -0.15) is 0 Å². The molecule has 0 heterocycles. The lowest BCUT2D eigenvalue weighted by Gasteiger charge is -2.28. The fraction of sp³-hybridized carbons (Fsp3) is 0.889. The molecule has 0 aromatic rings. The molecule has 0 bridgehead atoms. The zero-order chi connectivity index (χ0) is 16.8. The van der Waals surface area contributed by atoms with Gasteiger partial charge in [-0.05, 0) is 0 Å². The maximum atomic E-state index is 10.9. The highest BCUT2D eigenvalue weighted by Gasteiger charge is 2.33. The molecule has 0 fully saturated rings. The summed E-state index contributed by atoms with van der Waals surface area (Å²) in [6, 6.07) is 0. The Bertz CT molecular complexity index is 319. The average molecular weight is 228 g/mol. The van der Waals surface area contributed by atoms with Gasteiger partial charge >= 0.3 is 0 Å². The largest absolute Gasteiger partial charge is 0.388 e. The van der Waals surface area contributed by atoms with Crippen LogP contribution < -0.4 is 0 Å². The van der Waals surface area contributed by atoms with Crippen molar-refractivity contribution in [2.75, 3.05) is 27.8 Å². The monoisotopic (exact) mass is 228 g/mol. The van der Waals surface area contributed by atoms with Gasteiger partial charge in [-0.3, -0.25) is 0 Å². The molecule has 0 aromatic heterocycles. The summed E-state index contributed by atoms with van der Waals surface area (Å²) < 4.78 is 54.6. The maximum Gasteiger partial charge on any atom is 0.151 e. The second kappa shape index (κ2) is 7.72. The molecule has 90 valence electrons. The van der Waals surface area contributed by atoms with Crippen LogP contribution in [0.15, 0.2) is 0 Å². The number of aliphatic hydroxyl groups is 2. The number of hydrogen-bond donors (Lipinski definition) is 2. The van der Waals surface area contributed by atoms with Crippen LogP contribution in [0.4, 0.5) is 0 Å². The number of aldehydes is 1. The highest BCUT2D eigenvalue weighted by Crippen LogP contribution is 2.10. The van der Waals surface area contributed by atoms with Gasteiger partial charge in [0.1, 0.15) is 24.4 Å². The van der Waals surface area contributed by atoms with Crippen LogP contribution in [-0.4, -0.2) is 68.7 Å². The van der Waals surface area contributed by atoms with E-state index in [1.54, 1.807) is 0 Å². The van der Waals surface area contributed by atoms with Crippen molar-refractivity contribution in [2.45, 2.75) is 24.4 Å². The Morgan fingerprint density at radius 2 is 2.13 bits per heavy atom. The summed E-state index contributed by atoms with van der Waals surface area (Å²) in [5, 5.41) is 19.4. The third-order valence-electron chi connectivity index (χ3n) is 1.85. The van der Waals surface area contributed by atoms with Crippen LogP contribution in [0.25, 0.3) is 0 Å². The fourth-order valence-corrected chi connectivity index (χ4v) is 1.04. The van der Waals surface area contributed by atoms with E-state index in [1.807, 2.05) is 0 Å². The van der Waals surface area contributed by atoms with Gasteiger partial charge in [-0.25, -0.2) is 0 Å². The molecule has 6 heteroatoms. The molecule has 0 unspecified atom stereocenters. The van der Waals surface area contributed by atoms with E-state index >= 15 is 0 Å². The summed E-state index contributed by atoms with van der Waals surface area (Å²) in [5.41, 5.74) is 0. The van der Waals surface area contributed by atoms with Crippen molar-refractivity contribution in [1.82, 2.24) is 0 Å². The second-order valence-electron chi connectivity index (χ2n) is 2.79. The first kappa shape index (κ1) is 6.93. The lowest BCUT2D eigenvalue weighted by atomic mass is 10.0. The quantitative estimate of drug-likeness (QED) is 0.496. The molecule has 0 saturated carbocycles. The number of hydrogen-bond acceptors (Lipinski definition) is 6. The molecular formula is C9H18O6. The van der Waals surface area contributed by atoms with Crippen LogP contribution in [0, 0.1) is 0 Å². The molecular weight excluding hydrogens is 204 g/mol. The summed E-state index contributed by atoms with van der Waals surface area (Å²) in [6.45, 7) is -0.767. The van der Waals surface area contributed by atoms with Crippen molar-refractivity contribution in [3.05, 3.63) is 0 Å². The first-order valence-corrected chi connectivity index (χ1v) is 4.07. The summed E-state index contributed by atoms with van der Waals surface area (Å²) >= 11 is 0. The van der Waals surface area contributed by atoms with E-state index in [1.165, 1.54) is 0 Å². The standard InChI is InChI=1S/C9H18O6/c1-13-5-6(11)8(12)9(15-3)7(4-10)14-2/h4,6-9,11-12H,5H2,1-3H3/t6-,7+,8-,9-/m1/s1/i1D3,2D3. The minimum atomic E-state index is -2.91. The smallest absolute Gasteiger partial charge is 0.151 e. The van der Waals surface area contributed by atoms with Crippen LogP contribution in [-0.2, 0) is 19.0 Å². The molecule has 0 saturated heterocycles. The minimum Gasteiger partial charge on any atom is -0.388 e. The molecule has 0 aliphatic rings. The second-order valence-corrected chi connectivity index (χ2v) is 2.79. The molecule has 0 aromatic carbocycles. The van der Waals surface area contributed by atoms with Gasteiger partial charge < -0.3 is 29.2 Å². The first-order chi connectivity index (χ1) is 9.41. The van der Waals surface area contributed by atoms with E-state index in [9.17, 15) is 15.0 Å². The van der Waals surface area contributed by atoms with Crippen LogP contribution in [0.3, 0.4) is 0 Å². The van der Waals surface area contributed by atoms with Gasteiger partial charge in [0.05, 0.1) is 14.8 Å². The van der Waals surface area contributed by atoms with Crippen LogP contribution >= 0.6 is 0 Å². The zero-order valence-corrected chi connectivity index (χ0v) is 8.12. The van der Waals surface area contributed by atoms with Crippen LogP contribution in [0.2, 0.25) is 0 Å². The third-order valence-corrected chi connectivity index (χ3v) is 1.85. The highest BCUT2D eigenvalue weighted by atomic mass is 16.5. The van der Waals surface area contributed by atoms with E-state index < -0.39 is 45.1 Å². The van der Waals surface area contributed by atoms with Gasteiger partial charge in [0.15, 0.2) is 6.29 Å². The van der Waals surface area contributed by atoms with Crippen molar-refractivity contribution >= 4 is 6.29 Å². The lowest BCUT2D eigenvalue weighted by molar-refractivity contribution is -0.149. The molecule has 6 nitrogen and oxygen atoms in total. The molecule has 4 atom stereocenters. The molecule has 15 heavy (non-hydrogen) atoms. The van der Waals surface area contributed by atoms with E-state index in [-0.39, 0.29) is 6.29 Å². The Kier molecular flexibility index (Phi) is 3.57. The summed E-state index contributed by atoms with van der Waals surface area (Å²) in [6.07, 6.45) is -6.62. The summed E-state index contributed by atoms with van der Waals surface area (Å²) in [4.78, 5) is 10.9. The topological polar surface area (TPSA) is 85.2 Å². The Balaban J connectivity index is 4.78. The molecule has 0 radical (unpaired) electrons. The maximum absolute atomic E-state index is 10.9. The highest BCUT2D eigenvalue weighted by molar-refractivity contribution is 5.57. The molecule has 0 aliphatic heterocycles. The van der Waals surface area contributed by atoms with Crippen LogP contribution in [0.1, 0.15) is 8.22 Å². The SMILES string of the molecule is [2H]C([2H])([2H])OC[C@@H](O)[C@@H](O)[C@H](OC)[C@H](C=O)OC([2H])([2H])[2H]. The fourth-order valence-electron chi connectivity index (χ4n) is 1.04. The number of ether oxygens (including phenoxy) is 3. The van der Waals surface area contributed by atoms with E-state index in [0.29, 0.717) is 0 Å². The van der Waals surface area contributed by atoms with E-state index in [2.05, 4.69) is 9.47 Å². The number of carbonyl (C=O) groups is 1. The number of methoxy groups -OCH3 is 3. The van der Waals surface area contributed by atoms with Crippen molar-refractivity contribution in [1.29, 1.82) is 0 Å². The van der Waals surface area contributed by atoms with Crippen molar-refractivity contribution in [3.63, 3.8) is 0 Å². The molecule has 0 rings (SSSR count). The van der Waals surface area contributed by atoms with Gasteiger partial charge in [-0.1, -0.05) is 0 Å². The Labute approximate surface area is 97.2 Å².